The summed E-state index contributed by atoms with van der Waals surface area (Å²) < 4.78 is 31.7. The molecule has 0 bridgehead atoms. The summed E-state index contributed by atoms with van der Waals surface area (Å²) in [6.45, 7) is 9.11. The van der Waals surface area contributed by atoms with Crippen LogP contribution in [0.25, 0.3) is 10.8 Å². The summed E-state index contributed by atoms with van der Waals surface area (Å²) in [5, 5.41) is 15.6. The van der Waals surface area contributed by atoms with E-state index < -0.39 is 12.1 Å². The number of likely N-dealkylation sites (tertiary alicyclic amines) is 1. The molecule has 0 aliphatic carbocycles. The van der Waals surface area contributed by atoms with E-state index in [0.717, 1.165) is 41.3 Å². The molecule has 3 N–H and O–H groups in total. The van der Waals surface area contributed by atoms with Gasteiger partial charge in [-0.1, -0.05) is 48.5 Å². The van der Waals surface area contributed by atoms with Crippen molar-refractivity contribution in [2.45, 2.75) is 64.8 Å². The molecule has 40 heavy (non-hydrogen) atoms. The number of nitrogens with zero attached hydrogens (tertiary/aromatic N) is 1. The van der Waals surface area contributed by atoms with E-state index in [1.54, 1.807) is 6.07 Å². The second-order valence-corrected chi connectivity index (χ2v) is 10.1. The number of nitrogens with one attached hydrogen (secondary N) is 2. The summed E-state index contributed by atoms with van der Waals surface area (Å²) in [4.78, 5) is 37.3. The first kappa shape index (κ1) is 30.6. The summed E-state index contributed by atoms with van der Waals surface area (Å²) in [6.07, 6.45) is -3.18. The van der Waals surface area contributed by atoms with E-state index in [1.165, 1.54) is 0 Å². The third-order valence-corrected chi connectivity index (χ3v) is 6.89. The normalized spacial score (nSPS) is 16.2. The second kappa shape index (κ2) is 13.0. The van der Waals surface area contributed by atoms with Crippen molar-refractivity contribution in [3.63, 3.8) is 0 Å². The van der Waals surface area contributed by atoms with Crippen molar-refractivity contribution < 1.29 is 32.7 Å². The molecule has 1 aliphatic rings. The van der Waals surface area contributed by atoms with Gasteiger partial charge in [-0.05, 0) is 81.1 Å². The largest absolute Gasteiger partial charge is 0.490 e. The Bertz CT molecular complexity index is 1370. The third kappa shape index (κ3) is 7.59. The minimum absolute atomic E-state index is 0.000495. The topological polar surface area (TPSA) is 98.7 Å². The molecule has 3 aromatic rings. The Hall–Kier alpha value is -3.92. The van der Waals surface area contributed by atoms with E-state index in [2.05, 4.69) is 53.6 Å². The maximum Gasteiger partial charge on any atom is 0.490 e. The monoisotopic (exact) mass is 557 g/mol. The first-order valence-electron chi connectivity index (χ1n) is 13.1. The number of fused-ring (bicyclic) bond motifs is 1. The Morgan fingerprint density at radius 1 is 1.00 bits per heavy atom. The lowest BCUT2D eigenvalue weighted by Gasteiger charge is -2.27. The van der Waals surface area contributed by atoms with E-state index in [-0.39, 0.29) is 23.9 Å². The Morgan fingerprint density at radius 2 is 1.65 bits per heavy atom. The second-order valence-electron chi connectivity index (χ2n) is 10.1. The Morgan fingerprint density at radius 3 is 2.30 bits per heavy atom. The zero-order valence-electron chi connectivity index (χ0n) is 22.9. The van der Waals surface area contributed by atoms with Gasteiger partial charge < -0.3 is 15.7 Å². The van der Waals surface area contributed by atoms with Gasteiger partial charge in [0.05, 0.1) is 12.1 Å². The van der Waals surface area contributed by atoms with Crippen LogP contribution in [0.3, 0.4) is 0 Å². The number of alkyl halides is 3. The molecule has 1 aliphatic heterocycles. The summed E-state index contributed by atoms with van der Waals surface area (Å²) in [7, 11) is 0. The molecule has 0 aromatic heterocycles. The summed E-state index contributed by atoms with van der Waals surface area (Å²) in [5.74, 6) is -2.90. The number of aryl methyl sites for hydroxylation is 1. The number of benzene rings is 3. The maximum atomic E-state index is 13.2. The molecular formula is C30H34F3N3O4. The molecule has 0 spiro atoms. The number of halogens is 3. The summed E-state index contributed by atoms with van der Waals surface area (Å²) in [5.41, 5.74) is 3.19. The Balaban J connectivity index is 0.000000559. The third-order valence-electron chi connectivity index (χ3n) is 6.89. The van der Waals surface area contributed by atoms with Crippen LogP contribution in [-0.4, -0.2) is 52.6 Å². The van der Waals surface area contributed by atoms with Gasteiger partial charge in [0.15, 0.2) is 0 Å². The number of anilines is 1. The number of carbonyl (C=O) groups excluding carboxylic acids is 2. The van der Waals surface area contributed by atoms with E-state index in [0.29, 0.717) is 17.3 Å². The van der Waals surface area contributed by atoms with Gasteiger partial charge in [0, 0.05) is 17.3 Å². The molecule has 1 saturated heterocycles. The van der Waals surface area contributed by atoms with Crippen LogP contribution < -0.4 is 10.6 Å². The maximum absolute atomic E-state index is 13.2. The van der Waals surface area contributed by atoms with E-state index in [1.807, 2.05) is 44.2 Å². The number of carbonyl (C=O) groups is 3. The first-order chi connectivity index (χ1) is 18.8. The van der Waals surface area contributed by atoms with Gasteiger partial charge in [0.25, 0.3) is 5.91 Å². The number of carboxylic acid groups (broad SMARTS) is 1. The highest BCUT2D eigenvalue weighted by molar-refractivity contribution is 6.00. The van der Waals surface area contributed by atoms with E-state index in [9.17, 15) is 22.8 Å². The highest BCUT2D eigenvalue weighted by atomic mass is 19.4. The van der Waals surface area contributed by atoms with Crippen LogP contribution in [0, 0.1) is 6.92 Å². The van der Waals surface area contributed by atoms with E-state index >= 15 is 0 Å². The van der Waals surface area contributed by atoms with Crippen molar-refractivity contribution in [1.82, 2.24) is 10.2 Å². The van der Waals surface area contributed by atoms with Crippen molar-refractivity contribution in [2.24, 2.45) is 0 Å². The number of carboxylic acids is 1. The predicted octanol–water partition coefficient (Wildman–Crippen LogP) is 6.08. The molecular weight excluding hydrogens is 523 g/mol. The van der Waals surface area contributed by atoms with Crippen molar-refractivity contribution >= 4 is 34.2 Å². The number of hydrogen-bond acceptors (Lipinski definition) is 4. The molecule has 4 rings (SSSR count). The average Bonchev–Trinajstić information content (AvgIpc) is 3.40. The van der Waals surface area contributed by atoms with Crippen LogP contribution in [0.1, 0.15) is 61.1 Å². The van der Waals surface area contributed by atoms with Gasteiger partial charge in [-0.3, -0.25) is 14.5 Å². The number of amides is 2. The van der Waals surface area contributed by atoms with E-state index in [4.69, 9.17) is 9.90 Å². The summed E-state index contributed by atoms with van der Waals surface area (Å²) in [6, 6.07) is 20.0. The SMILES string of the molecule is Cc1ccc(NC(=O)[C@@H]2CCCN2C(C)C)cc1C(=O)N[C@H](C)c1cccc2ccccc12.O=C(O)C(F)(F)F. The van der Waals surface area contributed by atoms with Crippen molar-refractivity contribution in [1.29, 1.82) is 0 Å². The molecule has 1 fully saturated rings. The van der Waals surface area contributed by atoms with Crippen LogP contribution in [0.2, 0.25) is 0 Å². The first-order valence-corrected chi connectivity index (χ1v) is 13.1. The molecule has 214 valence electrons. The van der Waals surface area contributed by atoms with Gasteiger partial charge in [-0.15, -0.1) is 0 Å². The lowest BCUT2D eigenvalue weighted by Crippen LogP contribution is -2.43. The lowest BCUT2D eigenvalue weighted by molar-refractivity contribution is -0.192. The zero-order valence-corrected chi connectivity index (χ0v) is 22.9. The molecule has 0 unspecified atom stereocenters. The standard InChI is InChI=1S/C28H33N3O2.C2HF3O2/c1-18(2)31-16-8-13-26(31)28(33)30-22-15-14-19(3)25(17-22)27(32)29-20(4)23-12-7-10-21-9-5-6-11-24(21)23;3-2(4,5)1(6)7/h5-7,9-12,14-15,17-18,20,26H,8,13,16H2,1-4H3,(H,29,32)(H,30,33);(H,6,7)/t20-,26+;/m1./s1. The smallest absolute Gasteiger partial charge is 0.475 e. The van der Waals surface area contributed by atoms with Gasteiger partial charge >= 0.3 is 12.1 Å². The zero-order chi connectivity index (χ0) is 29.6. The minimum atomic E-state index is -5.08. The molecule has 10 heteroatoms. The summed E-state index contributed by atoms with van der Waals surface area (Å²) >= 11 is 0. The van der Waals surface area contributed by atoms with Crippen LogP contribution in [0.15, 0.2) is 60.7 Å². The highest BCUT2D eigenvalue weighted by Gasteiger charge is 2.38. The van der Waals surface area contributed by atoms with Gasteiger partial charge in [0.1, 0.15) is 0 Å². The highest BCUT2D eigenvalue weighted by Crippen LogP contribution is 2.26. The minimum Gasteiger partial charge on any atom is -0.475 e. The molecule has 1 heterocycles. The fourth-order valence-electron chi connectivity index (χ4n) is 4.84. The van der Waals surface area contributed by atoms with Crippen molar-refractivity contribution in [3.05, 3.63) is 77.4 Å². The molecule has 2 atom stereocenters. The lowest BCUT2D eigenvalue weighted by atomic mass is 9.99. The van der Waals surface area contributed by atoms with Gasteiger partial charge in [-0.25, -0.2) is 4.79 Å². The fourth-order valence-corrected chi connectivity index (χ4v) is 4.84. The van der Waals surface area contributed by atoms with Gasteiger partial charge in [0.2, 0.25) is 5.91 Å². The Kier molecular flexibility index (Phi) is 9.92. The molecule has 3 aromatic carbocycles. The Labute approximate surface area is 231 Å². The quantitative estimate of drug-likeness (QED) is 0.341. The van der Waals surface area contributed by atoms with Crippen LogP contribution in [0.4, 0.5) is 18.9 Å². The van der Waals surface area contributed by atoms with Crippen LogP contribution in [0.5, 0.6) is 0 Å². The predicted molar refractivity (Wildman–Crippen MR) is 148 cm³/mol. The number of aliphatic carboxylic acids is 1. The molecule has 7 nitrogen and oxygen atoms in total. The van der Waals surface area contributed by atoms with Gasteiger partial charge in [-0.2, -0.15) is 13.2 Å². The molecule has 2 amide bonds. The van der Waals surface area contributed by atoms with Crippen molar-refractivity contribution in [3.8, 4) is 0 Å². The fraction of sp³-hybridized carbons (Fsp3) is 0.367. The molecule has 0 saturated carbocycles. The van der Waals surface area contributed by atoms with Crippen molar-refractivity contribution in [2.75, 3.05) is 11.9 Å². The van der Waals surface area contributed by atoms with Crippen LogP contribution in [-0.2, 0) is 9.59 Å². The number of hydrogen-bond donors (Lipinski definition) is 3. The van der Waals surface area contributed by atoms with Crippen LogP contribution >= 0.6 is 0 Å². The number of rotatable bonds is 6. The molecule has 0 radical (unpaired) electrons. The average molecular weight is 558 g/mol.